The second kappa shape index (κ2) is 7.63. The summed E-state index contributed by atoms with van der Waals surface area (Å²) >= 11 is 0. The van der Waals surface area contributed by atoms with E-state index in [0.29, 0.717) is 17.0 Å². The number of rotatable bonds is 5. The Labute approximate surface area is 158 Å². The Balaban J connectivity index is 1.65. The SMILES string of the molecule is Cc1ccc(Oc2ccc(NC(=O)c3ccc(S(C)(=O)=O)cc3)cc2)cc1. The molecule has 138 valence electrons. The lowest BCUT2D eigenvalue weighted by atomic mass is 10.2. The average molecular weight is 381 g/mol. The molecule has 5 nitrogen and oxygen atoms in total. The van der Waals surface area contributed by atoms with Crippen molar-refractivity contribution >= 4 is 21.4 Å². The van der Waals surface area contributed by atoms with Crippen LogP contribution >= 0.6 is 0 Å². The van der Waals surface area contributed by atoms with Crippen LogP contribution in [0.15, 0.2) is 77.7 Å². The number of carbonyl (C=O) groups excluding carboxylic acids is 1. The molecule has 0 spiro atoms. The van der Waals surface area contributed by atoms with Gasteiger partial charge < -0.3 is 10.1 Å². The number of hydrogen-bond acceptors (Lipinski definition) is 4. The fourth-order valence-corrected chi connectivity index (χ4v) is 3.04. The van der Waals surface area contributed by atoms with Gasteiger partial charge in [0.1, 0.15) is 11.5 Å². The van der Waals surface area contributed by atoms with Gasteiger partial charge in [0.2, 0.25) is 0 Å². The molecular weight excluding hydrogens is 362 g/mol. The summed E-state index contributed by atoms with van der Waals surface area (Å²) in [4.78, 5) is 12.5. The Morgan fingerprint density at radius 1 is 0.815 bits per heavy atom. The standard InChI is InChI=1S/C21H19NO4S/c1-15-3-9-18(10-4-15)26-19-11-7-17(8-12-19)22-21(23)16-5-13-20(14-6-16)27(2,24)25/h3-14H,1-2H3,(H,22,23). The van der Waals surface area contributed by atoms with E-state index in [9.17, 15) is 13.2 Å². The largest absolute Gasteiger partial charge is 0.457 e. The quantitative estimate of drug-likeness (QED) is 0.709. The molecular formula is C21H19NO4S. The molecule has 1 N–H and O–H groups in total. The van der Waals surface area contributed by atoms with Gasteiger partial charge in [-0.3, -0.25) is 4.79 Å². The number of carbonyl (C=O) groups is 1. The summed E-state index contributed by atoms with van der Waals surface area (Å²) in [6, 6.07) is 20.6. The van der Waals surface area contributed by atoms with Gasteiger partial charge in [0.15, 0.2) is 9.84 Å². The highest BCUT2D eigenvalue weighted by atomic mass is 32.2. The van der Waals surface area contributed by atoms with Crippen molar-refractivity contribution in [1.82, 2.24) is 0 Å². The summed E-state index contributed by atoms with van der Waals surface area (Å²) in [7, 11) is -3.28. The average Bonchev–Trinajstić information content (AvgIpc) is 2.64. The molecule has 0 saturated carbocycles. The highest BCUT2D eigenvalue weighted by Crippen LogP contribution is 2.23. The van der Waals surface area contributed by atoms with Crippen molar-refractivity contribution in [2.45, 2.75) is 11.8 Å². The van der Waals surface area contributed by atoms with Gasteiger partial charge in [-0.1, -0.05) is 17.7 Å². The number of sulfone groups is 1. The van der Waals surface area contributed by atoms with Gasteiger partial charge in [0.25, 0.3) is 5.91 Å². The number of ether oxygens (including phenoxy) is 1. The number of anilines is 1. The Kier molecular flexibility index (Phi) is 5.28. The first-order chi connectivity index (χ1) is 12.8. The zero-order valence-electron chi connectivity index (χ0n) is 15.0. The summed E-state index contributed by atoms with van der Waals surface area (Å²) in [5, 5.41) is 2.77. The second-order valence-corrected chi connectivity index (χ2v) is 8.21. The molecule has 0 aliphatic rings. The molecule has 0 heterocycles. The lowest BCUT2D eigenvalue weighted by Crippen LogP contribution is -2.12. The minimum absolute atomic E-state index is 0.177. The van der Waals surface area contributed by atoms with Crippen LogP contribution in [0.1, 0.15) is 15.9 Å². The van der Waals surface area contributed by atoms with Crippen LogP contribution in [0.4, 0.5) is 5.69 Å². The molecule has 0 unspecified atom stereocenters. The van der Waals surface area contributed by atoms with Gasteiger partial charge in [-0.05, 0) is 67.6 Å². The van der Waals surface area contributed by atoms with Crippen LogP contribution in [0.5, 0.6) is 11.5 Å². The van der Waals surface area contributed by atoms with Crippen LogP contribution in [0.25, 0.3) is 0 Å². The smallest absolute Gasteiger partial charge is 0.255 e. The third kappa shape index (κ3) is 4.95. The molecule has 1 amide bonds. The van der Waals surface area contributed by atoms with E-state index in [1.807, 2.05) is 31.2 Å². The molecule has 3 aromatic carbocycles. The van der Waals surface area contributed by atoms with Crippen LogP contribution in [0, 0.1) is 6.92 Å². The van der Waals surface area contributed by atoms with Crippen LogP contribution < -0.4 is 10.1 Å². The van der Waals surface area contributed by atoms with Crippen molar-refractivity contribution in [1.29, 1.82) is 0 Å². The Morgan fingerprint density at radius 3 is 1.85 bits per heavy atom. The van der Waals surface area contributed by atoms with E-state index in [1.54, 1.807) is 24.3 Å². The zero-order chi connectivity index (χ0) is 19.4. The monoisotopic (exact) mass is 381 g/mol. The van der Waals surface area contributed by atoms with Crippen molar-refractivity contribution in [3.8, 4) is 11.5 Å². The third-order valence-corrected chi connectivity index (χ3v) is 5.04. The molecule has 3 aromatic rings. The van der Waals surface area contributed by atoms with E-state index in [1.165, 1.54) is 24.3 Å². The summed E-state index contributed by atoms with van der Waals surface area (Å²) < 4.78 is 28.7. The molecule has 0 bridgehead atoms. The zero-order valence-corrected chi connectivity index (χ0v) is 15.8. The first kappa shape index (κ1) is 18.7. The van der Waals surface area contributed by atoms with Gasteiger partial charge in [-0.2, -0.15) is 0 Å². The molecule has 27 heavy (non-hydrogen) atoms. The normalized spacial score (nSPS) is 11.0. The van der Waals surface area contributed by atoms with Crippen LogP contribution in [0.3, 0.4) is 0 Å². The van der Waals surface area contributed by atoms with Gasteiger partial charge in [0.05, 0.1) is 4.90 Å². The molecule has 0 radical (unpaired) electrons. The first-order valence-electron chi connectivity index (χ1n) is 8.27. The van der Waals surface area contributed by atoms with Crippen LogP contribution in [-0.2, 0) is 9.84 Å². The lowest BCUT2D eigenvalue weighted by Gasteiger charge is -2.09. The molecule has 3 rings (SSSR count). The van der Waals surface area contributed by atoms with Crippen molar-refractivity contribution in [3.05, 3.63) is 83.9 Å². The first-order valence-corrected chi connectivity index (χ1v) is 10.2. The number of amides is 1. The predicted molar refractivity (Wildman–Crippen MR) is 105 cm³/mol. The third-order valence-electron chi connectivity index (χ3n) is 3.91. The number of hydrogen-bond donors (Lipinski definition) is 1. The Bertz CT molecular complexity index is 1040. The maximum absolute atomic E-state index is 12.3. The molecule has 0 aliphatic carbocycles. The summed E-state index contributed by atoms with van der Waals surface area (Å²) in [6.07, 6.45) is 1.13. The van der Waals surface area contributed by atoms with Gasteiger partial charge in [0, 0.05) is 17.5 Å². The molecule has 0 aliphatic heterocycles. The summed E-state index contributed by atoms with van der Waals surface area (Å²) in [5.74, 6) is 1.08. The van der Waals surface area contributed by atoms with Crippen molar-refractivity contribution < 1.29 is 17.9 Å². The molecule has 0 aromatic heterocycles. The maximum Gasteiger partial charge on any atom is 0.255 e. The molecule has 6 heteroatoms. The summed E-state index contributed by atoms with van der Waals surface area (Å²) in [5.41, 5.74) is 2.15. The van der Waals surface area contributed by atoms with Gasteiger partial charge in [-0.15, -0.1) is 0 Å². The fourth-order valence-electron chi connectivity index (χ4n) is 2.41. The predicted octanol–water partition coefficient (Wildman–Crippen LogP) is 4.44. The molecule has 0 saturated heterocycles. The van der Waals surface area contributed by atoms with E-state index in [2.05, 4.69) is 5.32 Å². The van der Waals surface area contributed by atoms with Crippen LogP contribution in [0.2, 0.25) is 0 Å². The Morgan fingerprint density at radius 2 is 1.33 bits per heavy atom. The Hall–Kier alpha value is -3.12. The number of benzene rings is 3. The molecule has 0 fully saturated rings. The highest BCUT2D eigenvalue weighted by molar-refractivity contribution is 7.90. The topological polar surface area (TPSA) is 72.5 Å². The van der Waals surface area contributed by atoms with Crippen LogP contribution in [-0.4, -0.2) is 20.6 Å². The van der Waals surface area contributed by atoms with Crippen molar-refractivity contribution in [3.63, 3.8) is 0 Å². The van der Waals surface area contributed by atoms with E-state index in [4.69, 9.17) is 4.74 Å². The highest BCUT2D eigenvalue weighted by Gasteiger charge is 2.10. The van der Waals surface area contributed by atoms with Gasteiger partial charge >= 0.3 is 0 Å². The maximum atomic E-state index is 12.3. The lowest BCUT2D eigenvalue weighted by molar-refractivity contribution is 0.102. The van der Waals surface area contributed by atoms with E-state index in [-0.39, 0.29) is 10.8 Å². The number of aryl methyl sites for hydroxylation is 1. The van der Waals surface area contributed by atoms with E-state index < -0.39 is 9.84 Å². The van der Waals surface area contributed by atoms with Gasteiger partial charge in [-0.25, -0.2) is 8.42 Å². The minimum atomic E-state index is -3.28. The summed E-state index contributed by atoms with van der Waals surface area (Å²) in [6.45, 7) is 2.01. The van der Waals surface area contributed by atoms with Crippen molar-refractivity contribution in [2.24, 2.45) is 0 Å². The minimum Gasteiger partial charge on any atom is -0.457 e. The van der Waals surface area contributed by atoms with E-state index in [0.717, 1.165) is 17.6 Å². The fraction of sp³-hybridized carbons (Fsp3) is 0.0952. The molecule has 0 atom stereocenters. The van der Waals surface area contributed by atoms with E-state index >= 15 is 0 Å². The van der Waals surface area contributed by atoms with Crippen molar-refractivity contribution in [2.75, 3.05) is 11.6 Å². The second-order valence-electron chi connectivity index (χ2n) is 6.19. The number of nitrogens with one attached hydrogen (secondary N) is 1.